The van der Waals surface area contributed by atoms with Crippen molar-refractivity contribution >= 4 is 29.0 Å². The van der Waals surface area contributed by atoms with E-state index in [9.17, 15) is 4.79 Å². The molecule has 2 atom stereocenters. The van der Waals surface area contributed by atoms with Gasteiger partial charge in [0.25, 0.3) is 0 Å². The summed E-state index contributed by atoms with van der Waals surface area (Å²) >= 11 is 6.13. The number of pyridine rings is 1. The lowest BCUT2D eigenvalue weighted by Gasteiger charge is -2.34. The van der Waals surface area contributed by atoms with E-state index >= 15 is 0 Å². The first-order valence-electron chi connectivity index (χ1n) is 11.4. The highest BCUT2D eigenvalue weighted by Crippen LogP contribution is 2.51. The first-order valence-corrected chi connectivity index (χ1v) is 11.8. The summed E-state index contributed by atoms with van der Waals surface area (Å²) in [7, 11) is 0. The van der Waals surface area contributed by atoms with Crippen molar-refractivity contribution in [1.29, 1.82) is 0 Å². The van der Waals surface area contributed by atoms with Crippen molar-refractivity contribution < 1.29 is 4.79 Å². The summed E-state index contributed by atoms with van der Waals surface area (Å²) in [4.78, 5) is 22.5. The minimum Gasteiger partial charge on any atom is -0.351 e. The number of likely N-dealkylation sites (tertiary alicyclic amines) is 1. The maximum Gasteiger partial charge on any atom is 0.227 e. The molecular weight excluding hydrogens is 414 g/mol. The Hall–Kier alpha value is -2.32. The number of halogens is 1. The number of aromatic nitrogens is 3. The van der Waals surface area contributed by atoms with E-state index in [2.05, 4.69) is 32.8 Å². The molecular formula is C22H28ClN7O. The van der Waals surface area contributed by atoms with Crippen molar-refractivity contribution in [3.05, 3.63) is 35.2 Å². The lowest BCUT2D eigenvalue weighted by molar-refractivity contribution is -0.136. The number of hydrogen-bond acceptors (Lipinski definition) is 6. The fraction of sp³-hybridized carbons (Fsp3) is 0.591. The SMILES string of the molecule is O=C(C1CCCN[C@@H]1c1ccc2c(n1)NCN2C1(n2cc(Cl)cn2)CC1)N1CCCC1. The Morgan fingerprint density at radius 1 is 1.19 bits per heavy atom. The smallest absolute Gasteiger partial charge is 0.227 e. The Morgan fingerprint density at radius 3 is 2.77 bits per heavy atom. The Kier molecular flexibility index (Phi) is 4.61. The summed E-state index contributed by atoms with van der Waals surface area (Å²) in [5.41, 5.74) is 1.88. The van der Waals surface area contributed by atoms with Crippen molar-refractivity contribution in [3.8, 4) is 0 Å². The number of carbonyl (C=O) groups is 1. The number of nitrogens with zero attached hydrogens (tertiary/aromatic N) is 5. The Bertz CT molecular complexity index is 997. The molecule has 2 aromatic heterocycles. The van der Waals surface area contributed by atoms with Gasteiger partial charge in [-0.1, -0.05) is 11.6 Å². The molecule has 6 rings (SSSR count). The Balaban J connectivity index is 1.27. The molecule has 2 aromatic rings. The zero-order valence-electron chi connectivity index (χ0n) is 17.6. The molecule has 1 saturated carbocycles. The van der Waals surface area contributed by atoms with Gasteiger partial charge in [-0.2, -0.15) is 5.10 Å². The zero-order valence-corrected chi connectivity index (χ0v) is 18.3. The van der Waals surface area contributed by atoms with Crippen molar-refractivity contribution in [1.82, 2.24) is 25.0 Å². The first-order chi connectivity index (χ1) is 15.2. The van der Waals surface area contributed by atoms with Gasteiger partial charge < -0.3 is 20.4 Å². The monoisotopic (exact) mass is 441 g/mol. The number of fused-ring (bicyclic) bond motifs is 1. The summed E-state index contributed by atoms with van der Waals surface area (Å²) in [6.45, 7) is 3.42. The van der Waals surface area contributed by atoms with E-state index in [0.29, 0.717) is 17.6 Å². The molecule has 2 N–H and O–H groups in total. The van der Waals surface area contributed by atoms with E-state index in [1.807, 2.05) is 15.8 Å². The van der Waals surface area contributed by atoms with Crippen molar-refractivity contribution in [2.45, 2.75) is 50.2 Å². The topological polar surface area (TPSA) is 78.3 Å². The number of piperidine rings is 1. The third kappa shape index (κ3) is 3.19. The highest BCUT2D eigenvalue weighted by molar-refractivity contribution is 6.30. The van der Waals surface area contributed by atoms with Crippen LogP contribution in [0.5, 0.6) is 0 Å². The summed E-state index contributed by atoms with van der Waals surface area (Å²) in [5, 5.41) is 12.2. The van der Waals surface area contributed by atoms with Crippen LogP contribution in [-0.4, -0.2) is 51.9 Å². The van der Waals surface area contributed by atoms with Gasteiger partial charge >= 0.3 is 0 Å². The number of rotatable bonds is 4. The third-order valence-electron chi connectivity index (χ3n) is 7.28. The molecule has 5 heterocycles. The summed E-state index contributed by atoms with van der Waals surface area (Å²) < 4.78 is 1.98. The average Bonchev–Trinajstić information content (AvgIpc) is 3.20. The quantitative estimate of drug-likeness (QED) is 0.759. The second-order valence-electron chi connectivity index (χ2n) is 9.17. The molecule has 3 aliphatic heterocycles. The van der Waals surface area contributed by atoms with Gasteiger partial charge in [0.1, 0.15) is 5.66 Å². The minimum absolute atomic E-state index is 0.0252. The number of amides is 1. The molecule has 9 heteroatoms. The molecule has 31 heavy (non-hydrogen) atoms. The van der Waals surface area contributed by atoms with E-state index in [0.717, 1.165) is 75.4 Å². The van der Waals surface area contributed by atoms with E-state index in [1.54, 1.807) is 6.20 Å². The van der Waals surface area contributed by atoms with E-state index in [4.69, 9.17) is 16.6 Å². The largest absolute Gasteiger partial charge is 0.351 e. The van der Waals surface area contributed by atoms with Gasteiger partial charge in [-0.3, -0.25) is 4.79 Å². The van der Waals surface area contributed by atoms with E-state index < -0.39 is 0 Å². The van der Waals surface area contributed by atoms with Gasteiger partial charge in [-0.15, -0.1) is 0 Å². The van der Waals surface area contributed by atoms with Gasteiger partial charge in [-0.25, -0.2) is 9.67 Å². The van der Waals surface area contributed by atoms with Crippen LogP contribution in [0.25, 0.3) is 0 Å². The predicted molar refractivity (Wildman–Crippen MR) is 119 cm³/mol. The molecule has 0 bridgehead atoms. The van der Waals surface area contributed by atoms with Gasteiger partial charge in [0, 0.05) is 19.3 Å². The second-order valence-corrected chi connectivity index (χ2v) is 9.60. The van der Waals surface area contributed by atoms with Crippen LogP contribution >= 0.6 is 11.6 Å². The van der Waals surface area contributed by atoms with Crippen LogP contribution in [0.2, 0.25) is 5.02 Å². The van der Waals surface area contributed by atoms with Gasteiger partial charge in [-0.05, 0) is 57.2 Å². The van der Waals surface area contributed by atoms with Crippen LogP contribution in [0.1, 0.15) is 50.3 Å². The summed E-state index contributed by atoms with van der Waals surface area (Å²) in [6.07, 6.45) is 9.86. The summed E-state index contributed by atoms with van der Waals surface area (Å²) in [5.74, 6) is 1.15. The maximum absolute atomic E-state index is 13.2. The molecule has 164 valence electrons. The van der Waals surface area contributed by atoms with Gasteiger partial charge in [0.2, 0.25) is 5.91 Å². The number of carbonyl (C=O) groups excluding carboxylic acids is 1. The molecule has 0 aromatic carbocycles. The molecule has 8 nitrogen and oxygen atoms in total. The molecule has 4 aliphatic rings. The normalized spacial score (nSPS) is 26.6. The standard InChI is InChI=1S/C22H28ClN7O/c23-15-12-26-30(13-15)22(7-8-22)29-14-25-20-18(29)6-5-17(27-20)19-16(4-3-9-24-19)21(31)28-10-1-2-11-28/h5-6,12-13,16,19,24H,1-4,7-11,14H2,(H,25,27)/t16?,19-/m0/s1. The van der Waals surface area contributed by atoms with Crippen LogP contribution < -0.4 is 15.5 Å². The summed E-state index contributed by atoms with van der Waals surface area (Å²) in [6, 6.07) is 4.22. The highest BCUT2D eigenvalue weighted by atomic mass is 35.5. The Morgan fingerprint density at radius 2 is 2.03 bits per heavy atom. The van der Waals surface area contributed by atoms with Crippen LogP contribution in [0.4, 0.5) is 11.5 Å². The van der Waals surface area contributed by atoms with Crippen LogP contribution in [0.15, 0.2) is 24.5 Å². The van der Waals surface area contributed by atoms with Gasteiger partial charge in [0.05, 0.1) is 41.2 Å². The molecule has 3 fully saturated rings. The minimum atomic E-state index is -0.161. The fourth-order valence-corrected chi connectivity index (χ4v) is 5.63. The average molecular weight is 442 g/mol. The molecule has 0 spiro atoms. The molecule has 1 amide bonds. The molecule has 1 aliphatic carbocycles. The predicted octanol–water partition coefficient (Wildman–Crippen LogP) is 2.93. The van der Waals surface area contributed by atoms with Crippen molar-refractivity contribution in [2.75, 3.05) is 36.5 Å². The van der Waals surface area contributed by atoms with Crippen LogP contribution in [0.3, 0.4) is 0 Å². The van der Waals surface area contributed by atoms with Crippen molar-refractivity contribution in [2.24, 2.45) is 5.92 Å². The Labute approximate surface area is 186 Å². The van der Waals surface area contributed by atoms with E-state index in [1.165, 1.54) is 0 Å². The first kappa shape index (κ1) is 19.4. The lowest BCUT2D eigenvalue weighted by Crippen LogP contribution is -2.44. The number of hydrogen-bond donors (Lipinski definition) is 2. The van der Waals surface area contributed by atoms with Crippen LogP contribution in [-0.2, 0) is 10.5 Å². The zero-order chi connectivity index (χ0) is 21.0. The molecule has 1 unspecified atom stereocenters. The van der Waals surface area contributed by atoms with Crippen LogP contribution in [0, 0.1) is 5.92 Å². The second kappa shape index (κ2) is 7.38. The highest BCUT2D eigenvalue weighted by Gasteiger charge is 2.53. The van der Waals surface area contributed by atoms with Gasteiger partial charge in [0.15, 0.2) is 5.82 Å². The third-order valence-corrected chi connectivity index (χ3v) is 7.48. The lowest BCUT2D eigenvalue weighted by atomic mass is 9.87. The molecule has 2 saturated heterocycles. The number of anilines is 2. The maximum atomic E-state index is 13.2. The van der Waals surface area contributed by atoms with Crippen molar-refractivity contribution in [3.63, 3.8) is 0 Å². The number of nitrogens with one attached hydrogen (secondary N) is 2. The molecule has 0 radical (unpaired) electrons. The fourth-order valence-electron chi connectivity index (χ4n) is 5.50. The van der Waals surface area contributed by atoms with E-state index in [-0.39, 0.29) is 17.6 Å².